The zero-order chi connectivity index (χ0) is 14.0. The van der Waals surface area contributed by atoms with Crippen molar-refractivity contribution in [3.05, 3.63) is 23.8 Å². The molecule has 0 radical (unpaired) electrons. The highest BCUT2D eigenvalue weighted by Gasteiger charge is 2.36. The van der Waals surface area contributed by atoms with Crippen LogP contribution in [0.5, 0.6) is 5.75 Å². The van der Waals surface area contributed by atoms with E-state index in [1.807, 2.05) is 25.1 Å². The van der Waals surface area contributed by atoms with E-state index in [4.69, 9.17) is 9.84 Å². The topological polar surface area (TPSA) is 66.8 Å². The predicted molar refractivity (Wildman–Crippen MR) is 70.5 cm³/mol. The van der Waals surface area contributed by atoms with Crippen molar-refractivity contribution in [1.29, 1.82) is 0 Å². The first-order valence-corrected chi connectivity index (χ1v) is 6.27. The number of ether oxygens (including phenoxy) is 1. The number of hydrogen-bond acceptors (Lipinski definition) is 3. The van der Waals surface area contributed by atoms with Gasteiger partial charge in [0, 0.05) is 13.0 Å². The van der Waals surface area contributed by atoms with Crippen LogP contribution < -0.4 is 9.64 Å². The van der Waals surface area contributed by atoms with Crippen molar-refractivity contribution < 1.29 is 19.4 Å². The summed E-state index contributed by atoms with van der Waals surface area (Å²) in [5.41, 5.74) is 1.75. The van der Waals surface area contributed by atoms with Gasteiger partial charge in [0.05, 0.1) is 18.7 Å². The lowest BCUT2D eigenvalue weighted by atomic mass is 10.1. The van der Waals surface area contributed by atoms with Gasteiger partial charge in [-0.05, 0) is 24.1 Å². The molecule has 0 aromatic heterocycles. The molecule has 1 aromatic carbocycles. The lowest BCUT2D eigenvalue weighted by Gasteiger charge is -2.20. The summed E-state index contributed by atoms with van der Waals surface area (Å²) in [4.78, 5) is 24.5. The Morgan fingerprint density at radius 1 is 1.53 bits per heavy atom. The van der Waals surface area contributed by atoms with Gasteiger partial charge < -0.3 is 14.7 Å². The maximum absolute atomic E-state index is 12.0. The molecule has 1 aliphatic rings. The number of amides is 1. The molecule has 1 unspecified atom stereocenters. The van der Waals surface area contributed by atoms with E-state index in [9.17, 15) is 9.59 Å². The maximum Gasteiger partial charge on any atom is 0.308 e. The second-order valence-electron chi connectivity index (χ2n) is 4.60. The third kappa shape index (κ3) is 2.54. The van der Waals surface area contributed by atoms with E-state index in [1.54, 1.807) is 7.11 Å². The summed E-state index contributed by atoms with van der Waals surface area (Å²) in [5, 5.41) is 9.01. The van der Waals surface area contributed by atoms with Crippen molar-refractivity contribution in [2.75, 3.05) is 18.6 Å². The Morgan fingerprint density at radius 2 is 2.26 bits per heavy atom. The van der Waals surface area contributed by atoms with Crippen LogP contribution in [-0.4, -0.2) is 30.6 Å². The Kier molecular flexibility index (Phi) is 3.74. The number of methoxy groups -OCH3 is 1. The Labute approximate surface area is 111 Å². The molecule has 5 heteroatoms. The van der Waals surface area contributed by atoms with Gasteiger partial charge in [0.15, 0.2) is 0 Å². The second-order valence-corrected chi connectivity index (χ2v) is 4.60. The van der Waals surface area contributed by atoms with E-state index < -0.39 is 11.9 Å². The molecule has 1 N–H and O–H groups in total. The molecule has 102 valence electrons. The molecular weight excluding hydrogens is 246 g/mol. The van der Waals surface area contributed by atoms with Gasteiger partial charge in [-0.15, -0.1) is 0 Å². The Hall–Kier alpha value is -2.04. The average molecular weight is 263 g/mol. The quantitative estimate of drug-likeness (QED) is 0.897. The average Bonchev–Trinajstić information content (AvgIpc) is 2.80. The largest absolute Gasteiger partial charge is 0.495 e. The molecule has 0 aliphatic carbocycles. The van der Waals surface area contributed by atoms with Crippen LogP contribution in [0.4, 0.5) is 5.69 Å². The van der Waals surface area contributed by atoms with Gasteiger partial charge in [0.2, 0.25) is 5.91 Å². The van der Waals surface area contributed by atoms with Gasteiger partial charge in [-0.25, -0.2) is 0 Å². The van der Waals surface area contributed by atoms with Crippen LogP contribution >= 0.6 is 0 Å². The molecule has 0 saturated carbocycles. The molecule has 1 saturated heterocycles. The highest BCUT2D eigenvalue weighted by Crippen LogP contribution is 2.34. The summed E-state index contributed by atoms with van der Waals surface area (Å²) in [5.74, 6) is -1.14. The molecule has 5 nitrogen and oxygen atoms in total. The number of hydrogen-bond donors (Lipinski definition) is 1. The fourth-order valence-electron chi connectivity index (χ4n) is 2.27. The Bertz CT molecular complexity index is 512. The van der Waals surface area contributed by atoms with Crippen LogP contribution in [0.2, 0.25) is 0 Å². The van der Waals surface area contributed by atoms with Gasteiger partial charge in [-0.1, -0.05) is 13.0 Å². The number of carboxylic acids is 1. The molecule has 19 heavy (non-hydrogen) atoms. The summed E-state index contributed by atoms with van der Waals surface area (Å²) < 4.78 is 5.26. The fraction of sp³-hybridized carbons (Fsp3) is 0.429. The normalized spacial score (nSPS) is 18.7. The predicted octanol–water partition coefficient (Wildman–Crippen LogP) is 1.70. The van der Waals surface area contributed by atoms with Crippen LogP contribution in [0.15, 0.2) is 18.2 Å². The van der Waals surface area contributed by atoms with Gasteiger partial charge in [0.1, 0.15) is 5.75 Å². The van der Waals surface area contributed by atoms with Crippen molar-refractivity contribution >= 4 is 17.6 Å². The molecule has 1 heterocycles. The first-order chi connectivity index (χ1) is 9.06. The number of anilines is 1. The molecule has 0 bridgehead atoms. The van der Waals surface area contributed by atoms with Crippen molar-refractivity contribution in [2.24, 2.45) is 5.92 Å². The van der Waals surface area contributed by atoms with E-state index in [0.717, 1.165) is 12.0 Å². The van der Waals surface area contributed by atoms with Gasteiger partial charge >= 0.3 is 5.97 Å². The lowest BCUT2D eigenvalue weighted by Crippen LogP contribution is -2.26. The van der Waals surface area contributed by atoms with E-state index in [0.29, 0.717) is 11.4 Å². The third-order valence-electron chi connectivity index (χ3n) is 3.42. The van der Waals surface area contributed by atoms with Gasteiger partial charge in [0.25, 0.3) is 0 Å². The maximum atomic E-state index is 12.0. The molecule has 0 spiro atoms. The second kappa shape index (κ2) is 5.30. The number of nitrogens with zero attached hydrogens (tertiary/aromatic N) is 1. The molecule has 2 rings (SSSR count). The number of aryl methyl sites for hydroxylation is 1. The summed E-state index contributed by atoms with van der Waals surface area (Å²) in [6.45, 7) is 2.23. The summed E-state index contributed by atoms with van der Waals surface area (Å²) in [6.07, 6.45) is 0.899. The Balaban J connectivity index is 2.35. The highest BCUT2D eigenvalue weighted by molar-refractivity contribution is 6.00. The standard InChI is InChI=1S/C14H17NO4/c1-3-9-4-5-12(19-2)11(6-9)15-8-10(14(17)18)7-13(15)16/h4-6,10H,3,7-8H2,1-2H3,(H,17,18). The highest BCUT2D eigenvalue weighted by atomic mass is 16.5. The minimum atomic E-state index is -0.929. The Morgan fingerprint density at radius 3 is 2.79 bits per heavy atom. The minimum Gasteiger partial charge on any atom is -0.495 e. The fourth-order valence-corrected chi connectivity index (χ4v) is 2.27. The molecule has 1 atom stereocenters. The van der Waals surface area contributed by atoms with Crippen LogP contribution in [0.25, 0.3) is 0 Å². The van der Waals surface area contributed by atoms with Crippen LogP contribution in [-0.2, 0) is 16.0 Å². The number of aliphatic carboxylic acids is 1. The smallest absolute Gasteiger partial charge is 0.308 e. The first-order valence-electron chi connectivity index (χ1n) is 6.27. The summed E-state index contributed by atoms with van der Waals surface area (Å²) in [7, 11) is 1.54. The van der Waals surface area contributed by atoms with Gasteiger partial charge in [-0.2, -0.15) is 0 Å². The van der Waals surface area contributed by atoms with Crippen molar-refractivity contribution in [2.45, 2.75) is 19.8 Å². The number of benzene rings is 1. The molecule has 1 amide bonds. The monoisotopic (exact) mass is 263 g/mol. The zero-order valence-corrected chi connectivity index (χ0v) is 11.0. The zero-order valence-electron chi connectivity index (χ0n) is 11.0. The lowest BCUT2D eigenvalue weighted by molar-refractivity contribution is -0.141. The van der Waals surface area contributed by atoms with Crippen LogP contribution in [0.3, 0.4) is 0 Å². The molecule has 1 fully saturated rings. The third-order valence-corrected chi connectivity index (χ3v) is 3.42. The molecule has 1 aliphatic heterocycles. The van der Waals surface area contributed by atoms with E-state index in [-0.39, 0.29) is 18.9 Å². The van der Waals surface area contributed by atoms with E-state index in [2.05, 4.69) is 0 Å². The number of carbonyl (C=O) groups is 2. The first kappa shape index (κ1) is 13.4. The summed E-state index contributed by atoms with van der Waals surface area (Å²) in [6, 6.07) is 5.65. The minimum absolute atomic E-state index is 0.0504. The number of carboxylic acid groups (broad SMARTS) is 1. The molecular formula is C14H17NO4. The van der Waals surface area contributed by atoms with E-state index in [1.165, 1.54) is 4.90 Å². The summed E-state index contributed by atoms with van der Waals surface area (Å²) >= 11 is 0. The van der Waals surface area contributed by atoms with Crippen molar-refractivity contribution in [3.8, 4) is 5.75 Å². The van der Waals surface area contributed by atoms with Crippen molar-refractivity contribution in [3.63, 3.8) is 0 Å². The van der Waals surface area contributed by atoms with Crippen molar-refractivity contribution in [1.82, 2.24) is 0 Å². The number of carbonyl (C=O) groups excluding carboxylic acids is 1. The molecule has 1 aromatic rings. The number of rotatable bonds is 4. The van der Waals surface area contributed by atoms with E-state index >= 15 is 0 Å². The van der Waals surface area contributed by atoms with Crippen LogP contribution in [0.1, 0.15) is 18.9 Å². The van der Waals surface area contributed by atoms with Crippen LogP contribution in [0, 0.1) is 5.92 Å². The SMILES string of the molecule is CCc1ccc(OC)c(N2CC(C(=O)O)CC2=O)c1. The van der Waals surface area contributed by atoms with Gasteiger partial charge in [-0.3, -0.25) is 9.59 Å².